The van der Waals surface area contributed by atoms with Gasteiger partial charge in [-0.1, -0.05) is 0 Å². The first kappa shape index (κ1) is 11.5. The second kappa shape index (κ2) is 4.56. The van der Waals surface area contributed by atoms with E-state index in [9.17, 15) is 0 Å². The zero-order chi connectivity index (χ0) is 13.2. The monoisotopic (exact) mass is 259 g/mol. The lowest BCUT2D eigenvalue weighted by Gasteiger charge is -2.05. The largest absolute Gasteiger partial charge is 0.434 e. The van der Waals surface area contributed by atoms with Crippen LogP contribution in [0.3, 0.4) is 0 Å². The normalized spacial score (nSPS) is 10.8. The SMILES string of the molecule is CCNc1nc(Oc2cnn(C)c2)c2[nH]cnc2n1. The molecule has 0 saturated carbocycles. The molecule has 0 aliphatic carbocycles. The van der Waals surface area contributed by atoms with E-state index in [1.165, 1.54) is 0 Å². The molecule has 8 heteroatoms. The number of aromatic nitrogens is 6. The number of ether oxygens (including phenoxy) is 1. The van der Waals surface area contributed by atoms with E-state index in [-0.39, 0.29) is 0 Å². The standard InChI is InChI=1S/C11H13N7O/c1-3-12-11-16-9-8(13-6-14-9)10(17-11)19-7-4-15-18(2)5-7/h4-6H,3H2,1-2H3,(H2,12,13,14,16,17). The van der Waals surface area contributed by atoms with Gasteiger partial charge in [0.05, 0.1) is 18.7 Å². The molecule has 2 N–H and O–H groups in total. The number of anilines is 1. The Morgan fingerprint density at radius 3 is 3.05 bits per heavy atom. The minimum atomic E-state index is 0.423. The maximum absolute atomic E-state index is 5.71. The van der Waals surface area contributed by atoms with Crippen LogP contribution in [0, 0.1) is 0 Å². The number of fused-ring (bicyclic) bond motifs is 1. The van der Waals surface area contributed by atoms with Gasteiger partial charge in [-0.25, -0.2) is 4.98 Å². The van der Waals surface area contributed by atoms with Crippen molar-refractivity contribution in [3.8, 4) is 11.6 Å². The maximum atomic E-state index is 5.71. The zero-order valence-electron chi connectivity index (χ0n) is 10.6. The summed E-state index contributed by atoms with van der Waals surface area (Å²) >= 11 is 0. The molecule has 0 atom stereocenters. The van der Waals surface area contributed by atoms with E-state index in [2.05, 4.69) is 30.4 Å². The molecule has 0 aliphatic rings. The van der Waals surface area contributed by atoms with Crippen molar-refractivity contribution in [2.24, 2.45) is 7.05 Å². The van der Waals surface area contributed by atoms with Gasteiger partial charge in [-0.3, -0.25) is 4.68 Å². The van der Waals surface area contributed by atoms with Crippen LogP contribution in [0.5, 0.6) is 11.6 Å². The van der Waals surface area contributed by atoms with Crippen LogP contribution in [-0.4, -0.2) is 36.3 Å². The fourth-order valence-corrected chi connectivity index (χ4v) is 1.68. The van der Waals surface area contributed by atoms with E-state index in [1.54, 1.807) is 23.4 Å². The fraction of sp³-hybridized carbons (Fsp3) is 0.273. The van der Waals surface area contributed by atoms with Gasteiger partial charge in [0.1, 0.15) is 5.52 Å². The summed E-state index contributed by atoms with van der Waals surface area (Å²) in [6, 6.07) is 0. The second-order valence-electron chi connectivity index (χ2n) is 3.94. The summed E-state index contributed by atoms with van der Waals surface area (Å²) in [6.07, 6.45) is 4.94. The van der Waals surface area contributed by atoms with Gasteiger partial charge in [0.2, 0.25) is 5.95 Å². The van der Waals surface area contributed by atoms with E-state index in [1.807, 2.05) is 14.0 Å². The van der Waals surface area contributed by atoms with Crippen molar-refractivity contribution in [1.82, 2.24) is 29.7 Å². The predicted octanol–water partition coefficient (Wildman–Crippen LogP) is 1.31. The van der Waals surface area contributed by atoms with Gasteiger partial charge < -0.3 is 15.0 Å². The first-order chi connectivity index (χ1) is 9.26. The van der Waals surface area contributed by atoms with Crippen LogP contribution in [0.1, 0.15) is 6.92 Å². The van der Waals surface area contributed by atoms with Crippen molar-refractivity contribution < 1.29 is 4.74 Å². The summed E-state index contributed by atoms with van der Waals surface area (Å²) in [4.78, 5) is 15.7. The van der Waals surface area contributed by atoms with Gasteiger partial charge in [0.15, 0.2) is 11.4 Å². The molecule has 0 spiro atoms. The number of hydrogen-bond donors (Lipinski definition) is 2. The van der Waals surface area contributed by atoms with Crippen LogP contribution in [0.2, 0.25) is 0 Å². The lowest BCUT2D eigenvalue weighted by Crippen LogP contribution is -2.03. The summed E-state index contributed by atoms with van der Waals surface area (Å²) in [6.45, 7) is 2.70. The number of rotatable bonds is 4. The molecular formula is C11H13N7O. The second-order valence-corrected chi connectivity index (χ2v) is 3.94. The molecular weight excluding hydrogens is 246 g/mol. The van der Waals surface area contributed by atoms with Crippen molar-refractivity contribution in [3.63, 3.8) is 0 Å². The Bertz CT molecular complexity index is 702. The van der Waals surface area contributed by atoms with E-state index in [0.717, 1.165) is 6.54 Å². The molecule has 3 aromatic heterocycles. The first-order valence-electron chi connectivity index (χ1n) is 5.87. The molecule has 0 aromatic carbocycles. The average molecular weight is 259 g/mol. The molecule has 0 bridgehead atoms. The number of H-pyrrole nitrogens is 1. The minimum Gasteiger partial charge on any atom is -0.434 e. The molecule has 0 amide bonds. The van der Waals surface area contributed by atoms with Gasteiger partial charge in [0.25, 0.3) is 5.88 Å². The molecule has 19 heavy (non-hydrogen) atoms. The lowest BCUT2D eigenvalue weighted by atomic mass is 10.5. The third-order valence-corrected chi connectivity index (χ3v) is 2.48. The number of nitrogens with zero attached hydrogens (tertiary/aromatic N) is 5. The Labute approximate surface area is 108 Å². The van der Waals surface area contributed by atoms with Crippen LogP contribution in [-0.2, 0) is 7.05 Å². The third-order valence-electron chi connectivity index (χ3n) is 2.48. The van der Waals surface area contributed by atoms with Crippen LogP contribution < -0.4 is 10.1 Å². The minimum absolute atomic E-state index is 0.423. The molecule has 3 rings (SSSR count). The molecule has 98 valence electrons. The highest BCUT2D eigenvalue weighted by molar-refractivity contribution is 5.77. The summed E-state index contributed by atoms with van der Waals surface area (Å²) in [5.41, 5.74) is 1.22. The van der Waals surface area contributed by atoms with Crippen molar-refractivity contribution in [2.75, 3.05) is 11.9 Å². The number of aromatic amines is 1. The number of nitrogens with one attached hydrogen (secondary N) is 2. The highest BCUT2D eigenvalue weighted by atomic mass is 16.5. The van der Waals surface area contributed by atoms with Crippen molar-refractivity contribution in [2.45, 2.75) is 6.92 Å². The number of imidazole rings is 1. The number of aryl methyl sites for hydroxylation is 1. The molecule has 0 aliphatic heterocycles. The van der Waals surface area contributed by atoms with E-state index < -0.39 is 0 Å². The Morgan fingerprint density at radius 1 is 1.42 bits per heavy atom. The first-order valence-corrected chi connectivity index (χ1v) is 5.87. The summed E-state index contributed by atoms with van der Waals surface area (Å²) in [7, 11) is 1.82. The van der Waals surface area contributed by atoms with Crippen molar-refractivity contribution >= 4 is 17.1 Å². The fourth-order valence-electron chi connectivity index (χ4n) is 1.68. The van der Waals surface area contributed by atoms with Gasteiger partial charge >= 0.3 is 0 Å². The third kappa shape index (κ3) is 2.19. The highest BCUT2D eigenvalue weighted by Crippen LogP contribution is 2.25. The van der Waals surface area contributed by atoms with Gasteiger partial charge in [-0.05, 0) is 6.92 Å². The molecule has 8 nitrogen and oxygen atoms in total. The Balaban J connectivity index is 2.02. The van der Waals surface area contributed by atoms with Gasteiger partial charge in [-0.2, -0.15) is 15.1 Å². The van der Waals surface area contributed by atoms with E-state index in [0.29, 0.717) is 28.7 Å². The van der Waals surface area contributed by atoms with E-state index in [4.69, 9.17) is 4.74 Å². The summed E-state index contributed by atoms with van der Waals surface area (Å²) < 4.78 is 7.37. The van der Waals surface area contributed by atoms with Crippen LogP contribution in [0.4, 0.5) is 5.95 Å². The molecule has 0 unspecified atom stereocenters. The summed E-state index contributed by atoms with van der Waals surface area (Å²) in [5.74, 6) is 1.52. The Morgan fingerprint density at radius 2 is 2.32 bits per heavy atom. The van der Waals surface area contributed by atoms with Crippen molar-refractivity contribution in [3.05, 3.63) is 18.7 Å². The van der Waals surface area contributed by atoms with Crippen LogP contribution in [0.25, 0.3) is 11.2 Å². The smallest absolute Gasteiger partial charge is 0.250 e. The Hall–Kier alpha value is -2.64. The quantitative estimate of drug-likeness (QED) is 0.733. The molecule has 3 aromatic rings. The molecule has 3 heterocycles. The molecule has 0 radical (unpaired) electrons. The van der Waals surface area contributed by atoms with Crippen molar-refractivity contribution in [1.29, 1.82) is 0 Å². The van der Waals surface area contributed by atoms with E-state index >= 15 is 0 Å². The molecule has 0 fully saturated rings. The lowest BCUT2D eigenvalue weighted by molar-refractivity contribution is 0.467. The zero-order valence-corrected chi connectivity index (χ0v) is 10.6. The van der Waals surface area contributed by atoms with Gasteiger partial charge in [-0.15, -0.1) is 0 Å². The summed E-state index contributed by atoms with van der Waals surface area (Å²) in [5, 5.41) is 7.09. The average Bonchev–Trinajstić information content (AvgIpc) is 2.99. The van der Waals surface area contributed by atoms with Gasteiger partial charge in [0, 0.05) is 13.6 Å². The molecule has 0 saturated heterocycles. The Kier molecular flexibility index (Phi) is 2.75. The highest BCUT2D eigenvalue weighted by Gasteiger charge is 2.12. The predicted molar refractivity (Wildman–Crippen MR) is 69.1 cm³/mol. The van der Waals surface area contributed by atoms with Crippen LogP contribution in [0.15, 0.2) is 18.7 Å². The number of hydrogen-bond acceptors (Lipinski definition) is 6. The topological polar surface area (TPSA) is 93.5 Å². The van der Waals surface area contributed by atoms with Crippen LogP contribution >= 0.6 is 0 Å². The maximum Gasteiger partial charge on any atom is 0.250 e.